The van der Waals surface area contributed by atoms with Gasteiger partial charge in [-0.1, -0.05) is 55.5 Å². The average Bonchev–Trinajstić information content (AvgIpc) is 3.35. The Morgan fingerprint density at radius 3 is 2.61 bits per heavy atom. The van der Waals surface area contributed by atoms with Crippen LogP contribution in [0.4, 0.5) is 0 Å². The number of thiophene rings is 1. The van der Waals surface area contributed by atoms with Crippen LogP contribution in [0.1, 0.15) is 55.7 Å². The maximum absolute atomic E-state index is 13.4. The van der Waals surface area contributed by atoms with Crippen molar-refractivity contribution < 1.29 is 9.53 Å². The summed E-state index contributed by atoms with van der Waals surface area (Å²) < 4.78 is 7.57. The second-order valence-corrected chi connectivity index (χ2v) is 9.63. The van der Waals surface area contributed by atoms with Crippen molar-refractivity contribution >= 4 is 34.7 Å². The number of ether oxygens (including phenoxy) is 1. The molecule has 160 valence electrons. The first-order chi connectivity index (χ1) is 14.9. The summed E-state index contributed by atoms with van der Waals surface area (Å²) in [6.07, 6.45) is 1.89. The second-order valence-electron chi connectivity index (χ2n) is 7.64. The SMILES string of the molecule is CCOC(=O)C1=C(C)N=c2s/c(=C/c3cccs3)c(=O)n2C1c1ccc(C(C)C)cc1. The molecule has 0 saturated heterocycles. The van der Waals surface area contributed by atoms with Crippen LogP contribution in [0.25, 0.3) is 6.08 Å². The standard InChI is InChI=1S/C24H24N2O3S2/c1-5-29-23(28)20-15(4)25-24-26(21(20)17-10-8-16(9-11-17)14(2)3)22(27)19(31-24)13-18-7-6-12-30-18/h6-14,21H,5H2,1-4H3/b19-13+. The molecule has 1 aliphatic rings. The maximum Gasteiger partial charge on any atom is 0.338 e. The summed E-state index contributed by atoms with van der Waals surface area (Å²) >= 11 is 2.92. The lowest BCUT2D eigenvalue weighted by Crippen LogP contribution is -2.39. The first-order valence-electron chi connectivity index (χ1n) is 10.2. The number of carbonyl (C=O) groups excluding carboxylic acids is 1. The summed E-state index contributed by atoms with van der Waals surface area (Å²) in [6.45, 7) is 8.11. The van der Waals surface area contributed by atoms with Crippen LogP contribution in [0.2, 0.25) is 0 Å². The van der Waals surface area contributed by atoms with E-state index in [0.29, 0.717) is 26.5 Å². The molecular formula is C24H24N2O3S2. The molecule has 4 rings (SSSR count). The molecule has 5 nitrogen and oxygen atoms in total. The molecule has 0 saturated carbocycles. The van der Waals surface area contributed by atoms with Crippen LogP contribution in [0.3, 0.4) is 0 Å². The molecule has 2 aromatic heterocycles. The Morgan fingerprint density at radius 2 is 2.00 bits per heavy atom. The van der Waals surface area contributed by atoms with Crippen molar-refractivity contribution in [3.63, 3.8) is 0 Å². The van der Waals surface area contributed by atoms with E-state index in [2.05, 4.69) is 31.0 Å². The van der Waals surface area contributed by atoms with Gasteiger partial charge >= 0.3 is 5.97 Å². The zero-order valence-corrected chi connectivity index (χ0v) is 19.5. The molecule has 1 aliphatic heterocycles. The van der Waals surface area contributed by atoms with Crippen molar-refractivity contribution in [2.45, 2.75) is 39.7 Å². The highest BCUT2D eigenvalue weighted by molar-refractivity contribution is 7.11. The molecule has 1 unspecified atom stereocenters. The minimum absolute atomic E-state index is 0.149. The molecule has 31 heavy (non-hydrogen) atoms. The van der Waals surface area contributed by atoms with Crippen LogP contribution in [0.15, 0.2) is 62.8 Å². The number of allylic oxidation sites excluding steroid dienone is 1. The maximum atomic E-state index is 13.4. The summed E-state index contributed by atoms with van der Waals surface area (Å²) in [5.41, 5.74) is 2.91. The Bertz CT molecular complexity index is 1310. The largest absolute Gasteiger partial charge is 0.463 e. The Balaban J connectivity index is 1.94. The number of nitrogens with zero attached hydrogens (tertiary/aromatic N) is 2. The number of hydrogen-bond acceptors (Lipinski definition) is 6. The van der Waals surface area contributed by atoms with E-state index in [1.54, 1.807) is 29.8 Å². The van der Waals surface area contributed by atoms with Crippen LogP contribution >= 0.6 is 22.7 Å². The van der Waals surface area contributed by atoms with Crippen LogP contribution < -0.4 is 14.9 Å². The lowest BCUT2D eigenvalue weighted by molar-refractivity contribution is -0.139. The Morgan fingerprint density at radius 1 is 1.26 bits per heavy atom. The van der Waals surface area contributed by atoms with E-state index >= 15 is 0 Å². The van der Waals surface area contributed by atoms with Crippen molar-refractivity contribution in [2.75, 3.05) is 6.61 Å². The predicted octanol–water partition coefficient (Wildman–Crippen LogP) is 3.98. The molecule has 0 bridgehead atoms. The van der Waals surface area contributed by atoms with Gasteiger partial charge in [0.05, 0.1) is 28.5 Å². The zero-order chi connectivity index (χ0) is 22.1. The first-order valence-corrected chi connectivity index (χ1v) is 11.9. The Kier molecular flexibility index (Phi) is 6.07. The molecule has 0 amide bonds. The van der Waals surface area contributed by atoms with Gasteiger partial charge in [0.1, 0.15) is 0 Å². The number of benzene rings is 1. The molecule has 3 heterocycles. The van der Waals surface area contributed by atoms with Crippen LogP contribution in [-0.4, -0.2) is 17.1 Å². The van der Waals surface area contributed by atoms with Gasteiger partial charge in [-0.2, -0.15) is 0 Å². The van der Waals surface area contributed by atoms with Crippen molar-refractivity contribution in [1.82, 2.24) is 4.57 Å². The summed E-state index contributed by atoms with van der Waals surface area (Å²) in [7, 11) is 0. The molecule has 1 aromatic carbocycles. The fourth-order valence-corrected chi connectivity index (χ4v) is 5.44. The van der Waals surface area contributed by atoms with E-state index in [1.807, 2.05) is 35.7 Å². The summed E-state index contributed by atoms with van der Waals surface area (Å²) in [5, 5.41) is 1.98. The summed E-state index contributed by atoms with van der Waals surface area (Å²) in [4.78, 5) is 32.5. The number of thiazole rings is 1. The number of carbonyl (C=O) groups is 1. The number of hydrogen-bond donors (Lipinski definition) is 0. The molecule has 1 atom stereocenters. The van der Waals surface area contributed by atoms with E-state index in [1.165, 1.54) is 16.9 Å². The topological polar surface area (TPSA) is 60.7 Å². The minimum Gasteiger partial charge on any atom is -0.463 e. The highest BCUT2D eigenvalue weighted by Gasteiger charge is 2.33. The van der Waals surface area contributed by atoms with Crippen molar-refractivity contribution in [1.29, 1.82) is 0 Å². The molecular weight excluding hydrogens is 428 g/mol. The van der Waals surface area contributed by atoms with Crippen LogP contribution in [0.5, 0.6) is 0 Å². The summed E-state index contributed by atoms with van der Waals surface area (Å²) in [5.74, 6) is -0.0436. The second kappa shape index (κ2) is 8.77. The van der Waals surface area contributed by atoms with Crippen LogP contribution in [0, 0.1) is 0 Å². The van der Waals surface area contributed by atoms with E-state index in [0.717, 1.165) is 10.4 Å². The third kappa shape index (κ3) is 4.07. The van der Waals surface area contributed by atoms with Gasteiger partial charge in [-0.25, -0.2) is 9.79 Å². The van der Waals surface area contributed by atoms with Gasteiger partial charge in [-0.05, 0) is 48.4 Å². The number of rotatable bonds is 5. The van der Waals surface area contributed by atoms with Gasteiger partial charge < -0.3 is 4.74 Å². The minimum atomic E-state index is -0.568. The van der Waals surface area contributed by atoms with E-state index in [4.69, 9.17) is 4.74 Å². The number of fused-ring (bicyclic) bond motifs is 1. The molecule has 0 radical (unpaired) electrons. The Hall–Kier alpha value is -2.77. The van der Waals surface area contributed by atoms with Crippen molar-refractivity contribution in [3.8, 4) is 0 Å². The summed E-state index contributed by atoms with van der Waals surface area (Å²) in [6, 6.07) is 11.5. The lowest BCUT2D eigenvalue weighted by atomic mass is 9.93. The highest BCUT2D eigenvalue weighted by Crippen LogP contribution is 2.31. The zero-order valence-electron chi connectivity index (χ0n) is 17.9. The van der Waals surface area contributed by atoms with Gasteiger partial charge in [-0.15, -0.1) is 11.3 Å². The third-order valence-corrected chi connectivity index (χ3v) is 7.05. The van der Waals surface area contributed by atoms with Gasteiger partial charge in [0, 0.05) is 4.88 Å². The normalized spacial score (nSPS) is 16.4. The van der Waals surface area contributed by atoms with Crippen molar-refractivity contribution in [2.24, 2.45) is 4.99 Å². The van der Waals surface area contributed by atoms with Crippen LogP contribution in [-0.2, 0) is 9.53 Å². The molecule has 0 aliphatic carbocycles. The molecule has 0 N–H and O–H groups in total. The monoisotopic (exact) mass is 452 g/mol. The van der Waals surface area contributed by atoms with E-state index in [-0.39, 0.29) is 12.2 Å². The van der Waals surface area contributed by atoms with Gasteiger partial charge in [0.15, 0.2) is 4.80 Å². The highest BCUT2D eigenvalue weighted by atomic mass is 32.1. The Labute approximate surface area is 188 Å². The van der Waals surface area contributed by atoms with Crippen molar-refractivity contribution in [3.05, 3.63) is 88.7 Å². The fraction of sp³-hybridized carbons (Fsp3) is 0.292. The average molecular weight is 453 g/mol. The van der Waals surface area contributed by atoms with Gasteiger partial charge in [0.25, 0.3) is 5.56 Å². The number of esters is 1. The molecule has 0 spiro atoms. The third-order valence-electron chi connectivity index (χ3n) is 5.25. The van der Waals surface area contributed by atoms with Gasteiger partial charge in [0.2, 0.25) is 0 Å². The molecule has 0 fully saturated rings. The van der Waals surface area contributed by atoms with E-state index in [9.17, 15) is 9.59 Å². The predicted molar refractivity (Wildman–Crippen MR) is 125 cm³/mol. The van der Waals surface area contributed by atoms with E-state index < -0.39 is 12.0 Å². The fourth-order valence-electron chi connectivity index (χ4n) is 3.67. The quantitative estimate of drug-likeness (QED) is 0.550. The lowest BCUT2D eigenvalue weighted by Gasteiger charge is -2.25. The molecule has 7 heteroatoms. The smallest absolute Gasteiger partial charge is 0.338 e. The number of aromatic nitrogens is 1. The van der Waals surface area contributed by atoms with Gasteiger partial charge in [-0.3, -0.25) is 9.36 Å². The molecule has 3 aromatic rings. The first kappa shape index (κ1) is 21.5.